The second-order valence-electron chi connectivity index (χ2n) is 6.25. The van der Waals surface area contributed by atoms with Crippen molar-refractivity contribution in [2.45, 2.75) is 52.0 Å². The van der Waals surface area contributed by atoms with Crippen molar-refractivity contribution in [1.82, 2.24) is 5.32 Å². The van der Waals surface area contributed by atoms with Crippen LogP contribution in [0.5, 0.6) is 0 Å². The number of nitriles is 1. The predicted molar refractivity (Wildman–Crippen MR) is 87.9 cm³/mol. The van der Waals surface area contributed by atoms with Crippen molar-refractivity contribution in [3.8, 4) is 6.19 Å². The van der Waals surface area contributed by atoms with Gasteiger partial charge in [0.15, 0.2) is 6.19 Å². The van der Waals surface area contributed by atoms with E-state index in [1.54, 1.807) is 6.19 Å². The molecule has 118 valence electrons. The molecule has 1 heterocycles. The van der Waals surface area contributed by atoms with Crippen molar-refractivity contribution >= 4 is 11.6 Å². The summed E-state index contributed by atoms with van der Waals surface area (Å²) >= 11 is 0. The van der Waals surface area contributed by atoms with E-state index in [4.69, 9.17) is 5.26 Å². The summed E-state index contributed by atoms with van der Waals surface area (Å²) in [4.78, 5) is 11.3. The molecule has 1 aliphatic heterocycles. The Bertz CT molecular complexity index is 506. The Morgan fingerprint density at radius 1 is 1.36 bits per heavy atom. The van der Waals surface area contributed by atoms with Gasteiger partial charge in [0.05, 0.1) is 0 Å². The summed E-state index contributed by atoms with van der Waals surface area (Å²) in [5.41, 5.74) is 2.74. The molecule has 0 spiro atoms. The highest BCUT2D eigenvalue weighted by atomic mass is 16.1. The molecule has 0 radical (unpaired) electrons. The molecule has 4 heteroatoms. The van der Waals surface area contributed by atoms with Crippen molar-refractivity contribution in [2.75, 3.05) is 5.32 Å². The third-order valence-electron chi connectivity index (χ3n) is 4.52. The smallest absolute Gasteiger partial charge is 0.235 e. The molecule has 1 amide bonds. The lowest BCUT2D eigenvalue weighted by Crippen LogP contribution is -2.27. The highest BCUT2D eigenvalue weighted by Gasteiger charge is 2.20. The SMILES string of the molecule is CC(CC1CCCCC1)C(=O)NC#N.c1ccc2c(c1)CN2. The Morgan fingerprint density at radius 3 is 2.59 bits per heavy atom. The van der Waals surface area contributed by atoms with Crippen molar-refractivity contribution < 1.29 is 4.79 Å². The van der Waals surface area contributed by atoms with Gasteiger partial charge in [0.1, 0.15) is 0 Å². The lowest BCUT2D eigenvalue weighted by molar-refractivity contribution is -0.123. The van der Waals surface area contributed by atoms with Gasteiger partial charge in [0.2, 0.25) is 5.91 Å². The number of nitrogens with one attached hydrogen (secondary N) is 2. The van der Waals surface area contributed by atoms with Crippen LogP contribution in [-0.2, 0) is 11.3 Å². The Kier molecular flexibility index (Phi) is 6.27. The van der Waals surface area contributed by atoms with Crippen molar-refractivity contribution in [1.29, 1.82) is 5.26 Å². The standard InChI is InChI=1S/C11H18N2O.C7H7N/c1-9(11(14)13-8-12)7-10-5-3-2-4-6-10;1-2-4-7-6(3-1)5-8-7/h9-10H,2-7H2,1H3,(H,13,14);1-4,8H,5H2. The average molecular weight is 299 g/mol. The molecule has 1 aromatic rings. The van der Waals surface area contributed by atoms with E-state index >= 15 is 0 Å². The number of carbonyl (C=O) groups is 1. The van der Waals surface area contributed by atoms with E-state index in [1.807, 2.05) is 13.0 Å². The second kappa shape index (κ2) is 8.43. The van der Waals surface area contributed by atoms with Gasteiger partial charge in [0, 0.05) is 18.2 Å². The van der Waals surface area contributed by atoms with Gasteiger partial charge in [-0.3, -0.25) is 10.1 Å². The van der Waals surface area contributed by atoms with Gasteiger partial charge in [-0.25, -0.2) is 0 Å². The molecule has 4 nitrogen and oxygen atoms in total. The van der Waals surface area contributed by atoms with Crippen LogP contribution in [-0.4, -0.2) is 5.91 Å². The zero-order valence-electron chi connectivity index (χ0n) is 13.3. The molecule has 1 fully saturated rings. The van der Waals surface area contributed by atoms with Crippen LogP contribution < -0.4 is 10.6 Å². The molecule has 1 aliphatic carbocycles. The zero-order valence-corrected chi connectivity index (χ0v) is 13.3. The van der Waals surface area contributed by atoms with Gasteiger partial charge in [-0.2, -0.15) is 5.26 Å². The number of amides is 1. The van der Waals surface area contributed by atoms with Crippen molar-refractivity contribution in [3.05, 3.63) is 29.8 Å². The fraction of sp³-hybridized carbons (Fsp3) is 0.556. The number of benzene rings is 1. The summed E-state index contributed by atoms with van der Waals surface area (Å²) in [5.74, 6) is 0.555. The fourth-order valence-corrected chi connectivity index (χ4v) is 3.14. The molecule has 3 rings (SSSR count). The first-order valence-electron chi connectivity index (χ1n) is 8.21. The first kappa shape index (κ1) is 16.4. The Morgan fingerprint density at radius 2 is 2.09 bits per heavy atom. The maximum Gasteiger partial charge on any atom is 0.235 e. The van der Waals surface area contributed by atoms with E-state index in [0.29, 0.717) is 5.92 Å². The third-order valence-corrected chi connectivity index (χ3v) is 4.52. The summed E-state index contributed by atoms with van der Waals surface area (Å²) in [5, 5.41) is 13.7. The number of hydrogen-bond donors (Lipinski definition) is 2. The van der Waals surface area contributed by atoms with Crippen LogP contribution in [0.4, 0.5) is 5.69 Å². The van der Waals surface area contributed by atoms with Crippen LogP contribution in [0.3, 0.4) is 0 Å². The molecule has 0 bridgehead atoms. The number of nitrogens with zero attached hydrogens (tertiary/aromatic N) is 1. The van der Waals surface area contributed by atoms with Crippen LogP contribution in [0.2, 0.25) is 0 Å². The van der Waals surface area contributed by atoms with Crippen LogP contribution in [0, 0.1) is 23.3 Å². The Labute approximate surface area is 132 Å². The number of fused-ring (bicyclic) bond motifs is 1. The first-order valence-corrected chi connectivity index (χ1v) is 8.21. The van der Waals surface area contributed by atoms with Crippen molar-refractivity contribution in [3.63, 3.8) is 0 Å². The monoisotopic (exact) mass is 299 g/mol. The normalized spacial score (nSPS) is 17.5. The van der Waals surface area contributed by atoms with Gasteiger partial charge in [-0.15, -0.1) is 0 Å². The van der Waals surface area contributed by atoms with Crippen molar-refractivity contribution in [2.24, 2.45) is 11.8 Å². The molecule has 2 aliphatic rings. The number of para-hydroxylation sites is 1. The Balaban J connectivity index is 0.000000183. The Hall–Kier alpha value is -2.02. The van der Waals surface area contributed by atoms with Gasteiger partial charge in [-0.05, 0) is 24.0 Å². The molecule has 1 aromatic carbocycles. The quantitative estimate of drug-likeness (QED) is 0.659. The minimum Gasteiger partial charge on any atom is -0.381 e. The highest BCUT2D eigenvalue weighted by molar-refractivity contribution is 5.79. The zero-order chi connectivity index (χ0) is 15.8. The largest absolute Gasteiger partial charge is 0.381 e. The summed E-state index contributed by atoms with van der Waals surface area (Å²) in [6, 6.07) is 8.36. The number of carbonyl (C=O) groups excluding carboxylic acids is 1. The average Bonchev–Trinajstić information content (AvgIpc) is 2.50. The molecule has 1 saturated carbocycles. The van der Waals surface area contributed by atoms with E-state index in [-0.39, 0.29) is 11.8 Å². The lowest BCUT2D eigenvalue weighted by Gasteiger charge is -2.23. The molecule has 22 heavy (non-hydrogen) atoms. The van der Waals surface area contributed by atoms with E-state index in [9.17, 15) is 4.79 Å². The van der Waals surface area contributed by atoms with E-state index in [2.05, 4.69) is 28.8 Å². The maximum absolute atomic E-state index is 11.3. The topological polar surface area (TPSA) is 64.9 Å². The summed E-state index contributed by atoms with van der Waals surface area (Å²) in [7, 11) is 0. The van der Waals surface area contributed by atoms with Crippen LogP contribution >= 0.6 is 0 Å². The van der Waals surface area contributed by atoms with Crippen LogP contribution in [0.25, 0.3) is 0 Å². The number of anilines is 1. The minimum absolute atomic E-state index is 0.0160. The minimum atomic E-state index is -0.127. The van der Waals surface area contributed by atoms with Crippen LogP contribution in [0.15, 0.2) is 24.3 Å². The van der Waals surface area contributed by atoms with E-state index in [1.165, 1.54) is 43.4 Å². The van der Waals surface area contributed by atoms with Gasteiger partial charge in [0.25, 0.3) is 0 Å². The highest BCUT2D eigenvalue weighted by Crippen LogP contribution is 2.28. The van der Waals surface area contributed by atoms with Gasteiger partial charge >= 0.3 is 0 Å². The van der Waals surface area contributed by atoms with E-state index < -0.39 is 0 Å². The number of hydrogen-bond acceptors (Lipinski definition) is 3. The molecule has 2 N–H and O–H groups in total. The molecular weight excluding hydrogens is 274 g/mol. The molecule has 0 saturated heterocycles. The molecular formula is C18H25N3O. The van der Waals surface area contributed by atoms with E-state index in [0.717, 1.165) is 13.0 Å². The summed E-state index contributed by atoms with van der Waals surface area (Å²) in [6.45, 7) is 2.96. The molecule has 1 atom stereocenters. The lowest BCUT2D eigenvalue weighted by atomic mass is 9.83. The van der Waals surface area contributed by atoms with Gasteiger partial charge in [-0.1, -0.05) is 57.2 Å². The second-order valence-corrected chi connectivity index (χ2v) is 6.25. The first-order chi connectivity index (χ1) is 10.7. The summed E-state index contributed by atoms with van der Waals surface area (Å²) < 4.78 is 0. The fourth-order valence-electron chi connectivity index (χ4n) is 3.14. The van der Waals surface area contributed by atoms with Gasteiger partial charge < -0.3 is 5.32 Å². The molecule has 0 aromatic heterocycles. The predicted octanol–water partition coefficient (Wildman–Crippen LogP) is 3.80. The third kappa shape index (κ3) is 4.77. The molecule has 1 unspecified atom stereocenters. The van der Waals surface area contributed by atoms with Crippen LogP contribution in [0.1, 0.15) is 51.0 Å². The number of rotatable bonds is 3. The maximum atomic E-state index is 11.3. The summed E-state index contributed by atoms with van der Waals surface area (Å²) in [6.07, 6.45) is 9.08.